The van der Waals surface area contributed by atoms with Crippen molar-refractivity contribution in [1.82, 2.24) is 0 Å². The molecule has 0 aromatic heterocycles. The molecule has 0 atom stereocenters. The normalized spacial score (nSPS) is 10.4. The average molecular weight is 255 g/mol. The smallest absolute Gasteiger partial charge is 0.127 e. The Bertz CT molecular complexity index is 464. The zero-order valence-electron chi connectivity index (χ0n) is 11.2. The van der Waals surface area contributed by atoms with E-state index in [4.69, 9.17) is 10.5 Å². The van der Waals surface area contributed by atoms with Crippen molar-refractivity contribution in [2.75, 3.05) is 6.54 Å². The maximum Gasteiger partial charge on any atom is 0.127 e. The molecule has 0 aliphatic heterocycles. The van der Waals surface area contributed by atoms with Gasteiger partial charge in [-0.2, -0.15) is 0 Å². The summed E-state index contributed by atoms with van der Waals surface area (Å²) in [6.45, 7) is 0.795. The van der Waals surface area contributed by atoms with Gasteiger partial charge in [0, 0.05) is 0 Å². The molecule has 0 saturated carbocycles. The Morgan fingerprint density at radius 1 is 0.737 bits per heavy atom. The number of nitrogens with two attached hydrogens (primary N) is 1. The van der Waals surface area contributed by atoms with Gasteiger partial charge in [0.25, 0.3) is 0 Å². The lowest BCUT2D eigenvalue weighted by molar-refractivity contribution is 0.482. The summed E-state index contributed by atoms with van der Waals surface area (Å²) >= 11 is 0. The number of benzene rings is 2. The van der Waals surface area contributed by atoms with Gasteiger partial charge in [-0.3, -0.25) is 0 Å². The van der Waals surface area contributed by atoms with E-state index >= 15 is 0 Å². The van der Waals surface area contributed by atoms with Crippen LogP contribution in [0.1, 0.15) is 24.8 Å². The Balaban J connectivity index is 1.84. The maximum atomic E-state index is 5.76. The summed E-state index contributed by atoms with van der Waals surface area (Å²) in [5.41, 5.74) is 6.84. The van der Waals surface area contributed by atoms with Crippen molar-refractivity contribution in [3.05, 3.63) is 60.2 Å². The lowest BCUT2D eigenvalue weighted by Crippen LogP contribution is -1.98. The van der Waals surface area contributed by atoms with Crippen LogP contribution in [0.5, 0.6) is 11.5 Å². The molecule has 0 fully saturated rings. The summed E-state index contributed by atoms with van der Waals surface area (Å²) in [5.74, 6) is 1.76. The molecule has 0 bridgehead atoms. The minimum atomic E-state index is 0.795. The molecule has 19 heavy (non-hydrogen) atoms. The second kappa shape index (κ2) is 7.59. The van der Waals surface area contributed by atoms with Gasteiger partial charge < -0.3 is 10.5 Å². The summed E-state index contributed by atoms with van der Waals surface area (Å²) in [5, 5.41) is 0. The Morgan fingerprint density at radius 2 is 1.42 bits per heavy atom. The van der Waals surface area contributed by atoms with Crippen molar-refractivity contribution in [2.24, 2.45) is 5.73 Å². The second-order valence-corrected chi connectivity index (χ2v) is 4.66. The van der Waals surface area contributed by atoms with Crippen molar-refractivity contribution in [3.8, 4) is 11.5 Å². The molecule has 0 unspecified atom stereocenters. The molecular formula is C17H21NO. The first-order valence-corrected chi connectivity index (χ1v) is 6.90. The van der Waals surface area contributed by atoms with Gasteiger partial charge >= 0.3 is 0 Å². The summed E-state index contributed by atoms with van der Waals surface area (Å²) in [7, 11) is 0. The van der Waals surface area contributed by atoms with Crippen molar-refractivity contribution in [3.63, 3.8) is 0 Å². The number of para-hydroxylation sites is 1. The van der Waals surface area contributed by atoms with Crippen LogP contribution in [-0.2, 0) is 6.42 Å². The fraction of sp³-hybridized carbons (Fsp3) is 0.294. The lowest BCUT2D eigenvalue weighted by atomic mass is 10.1. The van der Waals surface area contributed by atoms with Gasteiger partial charge in [0.2, 0.25) is 0 Å². The molecule has 2 nitrogen and oxygen atoms in total. The first-order valence-electron chi connectivity index (χ1n) is 6.90. The monoisotopic (exact) mass is 255 g/mol. The van der Waals surface area contributed by atoms with Crippen LogP contribution in [0.3, 0.4) is 0 Å². The van der Waals surface area contributed by atoms with E-state index in [1.54, 1.807) is 0 Å². The Hall–Kier alpha value is -1.80. The van der Waals surface area contributed by atoms with E-state index in [0.717, 1.165) is 30.9 Å². The molecule has 0 radical (unpaired) electrons. The minimum absolute atomic E-state index is 0.795. The van der Waals surface area contributed by atoms with E-state index in [0.29, 0.717) is 0 Å². The zero-order chi connectivity index (χ0) is 13.3. The molecule has 2 aromatic rings. The molecule has 0 aliphatic carbocycles. The van der Waals surface area contributed by atoms with Crippen LogP contribution < -0.4 is 10.5 Å². The van der Waals surface area contributed by atoms with Gasteiger partial charge in [0.1, 0.15) is 11.5 Å². The summed E-state index contributed by atoms with van der Waals surface area (Å²) < 4.78 is 5.76. The van der Waals surface area contributed by atoms with Crippen LogP contribution in [0.25, 0.3) is 0 Å². The van der Waals surface area contributed by atoms with Crippen molar-refractivity contribution in [2.45, 2.75) is 25.7 Å². The number of hydrogen-bond acceptors (Lipinski definition) is 2. The fourth-order valence-electron chi connectivity index (χ4n) is 2.00. The first-order chi connectivity index (χ1) is 9.38. The van der Waals surface area contributed by atoms with E-state index in [9.17, 15) is 0 Å². The van der Waals surface area contributed by atoms with Crippen molar-refractivity contribution in [1.29, 1.82) is 0 Å². The van der Waals surface area contributed by atoms with Crippen LogP contribution in [0.4, 0.5) is 0 Å². The van der Waals surface area contributed by atoms with Gasteiger partial charge in [0.05, 0.1) is 0 Å². The molecule has 2 rings (SSSR count). The predicted octanol–water partition coefficient (Wildman–Crippen LogP) is 4.15. The minimum Gasteiger partial charge on any atom is -0.457 e. The van der Waals surface area contributed by atoms with Crippen LogP contribution in [0.2, 0.25) is 0 Å². The summed E-state index contributed by atoms with van der Waals surface area (Å²) in [6.07, 6.45) is 4.65. The molecule has 2 N–H and O–H groups in total. The van der Waals surface area contributed by atoms with Gasteiger partial charge in [-0.05, 0) is 55.6 Å². The maximum absolute atomic E-state index is 5.76. The summed E-state index contributed by atoms with van der Waals surface area (Å²) in [6, 6.07) is 18.2. The Kier molecular flexibility index (Phi) is 5.45. The number of aryl methyl sites for hydroxylation is 1. The van der Waals surface area contributed by atoms with Gasteiger partial charge in [-0.15, -0.1) is 0 Å². The van der Waals surface area contributed by atoms with Crippen LogP contribution >= 0.6 is 0 Å². The third-order valence-electron chi connectivity index (χ3n) is 3.07. The topological polar surface area (TPSA) is 35.2 Å². The van der Waals surface area contributed by atoms with Crippen molar-refractivity contribution < 1.29 is 4.74 Å². The molecule has 0 amide bonds. The van der Waals surface area contributed by atoms with E-state index in [1.807, 2.05) is 42.5 Å². The van der Waals surface area contributed by atoms with Gasteiger partial charge in [-0.1, -0.05) is 36.8 Å². The highest BCUT2D eigenvalue weighted by molar-refractivity contribution is 5.32. The molecule has 2 aromatic carbocycles. The number of hydrogen-bond donors (Lipinski definition) is 1. The van der Waals surface area contributed by atoms with E-state index < -0.39 is 0 Å². The molecule has 0 spiro atoms. The molecule has 0 heterocycles. The molecule has 0 saturated heterocycles. The fourth-order valence-corrected chi connectivity index (χ4v) is 2.00. The highest BCUT2D eigenvalue weighted by Gasteiger charge is 1.97. The van der Waals surface area contributed by atoms with E-state index in [-0.39, 0.29) is 0 Å². The largest absolute Gasteiger partial charge is 0.457 e. The number of unbranched alkanes of at least 4 members (excludes halogenated alkanes) is 2. The predicted molar refractivity (Wildman–Crippen MR) is 79.6 cm³/mol. The van der Waals surface area contributed by atoms with Gasteiger partial charge in [-0.25, -0.2) is 0 Å². The third-order valence-corrected chi connectivity index (χ3v) is 3.07. The highest BCUT2D eigenvalue weighted by atomic mass is 16.5. The SMILES string of the molecule is NCCCCCc1ccc(Oc2ccccc2)cc1. The van der Waals surface area contributed by atoms with Crippen molar-refractivity contribution >= 4 is 0 Å². The Morgan fingerprint density at radius 3 is 2.11 bits per heavy atom. The van der Waals surface area contributed by atoms with Crippen LogP contribution in [0, 0.1) is 0 Å². The van der Waals surface area contributed by atoms with E-state index in [2.05, 4.69) is 12.1 Å². The molecule has 0 aliphatic rings. The van der Waals surface area contributed by atoms with Gasteiger partial charge in [0.15, 0.2) is 0 Å². The summed E-state index contributed by atoms with van der Waals surface area (Å²) in [4.78, 5) is 0. The average Bonchev–Trinajstić information content (AvgIpc) is 2.46. The molecular weight excluding hydrogens is 234 g/mol. The van der Waals surface area contributed by atoms with Crippen LogP contribution in [-0.4, -0.2) is 6.54 Å². The second-order valence-electron chi connectivity index (χ2n) is 4.66. The quantitative estimate of drug-likeness (QED) is 0.754. The zero-order valence-corrected chi connectivity index (χ0v) is 11.2. The molecule has 100 valence electrons. The third kappa shape index (κ3) is 4.76. The number of ether oxygens (including phenoxy) is 1. The lowest BCUT2D eigenvalue weighted by Gasteiger charge is -2.06. The Labute approximate surface area is 115 Å². The molecule has 2 heteroatoms. The standard InChI is InChI=1S/C17H21NO/c18-14-6-2-3-7-15-10-12-17(13-11-15)19-16-8-4-1-5-9-16/h1,4-5,8-13H,2-3,6-7,14,18H2. The number of rotatable bonds is 7. The first kappa shape index (κ1) is 13.6. The highest BCUT2D eigenvalue weighted by Crippen LogP contribution is 2.21. The van der Waals surface area contributed by atoms with E-state index in [1.165, 1.54) is 18.4 Å². The van der Waals surface area contributed by atoms with Crippen LogP contribution in [0.15, 0.2) is 54.6 Å².